The molecule has 0 bridgehead atoms. The molecular formula is C21H28NO5+. The van der Waals surface area contributed by atoms with Gasteiger partial charge in [0, 0.05) is 12.0 Å². The van der Waals surface area contributed by atoms with Gasteiger partial charge in [-0.1, -0.05) is 37.3 Å². The fourth-order valence-corrected chi connectivity index (χ4v) is 3.09. The van der Waals surface area contributed by atoms with Crippen LogP contribution in [0.2, 0.25) is 0 Å². The highest BCUT2D eigenvalue weighted by atomic mass is 16.5. The number of nitrogens with two attached hydrogens (primary N) is 1. The van der Waals surface area contributed by atoms with Gasteiger partial charge < -0.3 is 24.3 Å². The molecule has 27 heavy (non-hydrogen) atoms. The number of methoxy groups -OCH3 is 3. The van der Waals surface area contributed by atoms with Gasteiger partial charge in [-0.3, -0.25) is 0 Å². The van der Waals surface area contributed by atoms with Crippen molar-refractivity contribution in [1.82, 2.24) is 0 Å². The summed E-state index contributed by atoms with van der Waals surface area (Å²) in [5.74, 6) is 0.821. The van der Waals surface area contributed by atoms with E-state index in [2.05, 4.69) is 24.4 Å². The van der Waals surface area contributed by atoms with Crippen LogP contribution in [0.5, 0.6) is 17.2 Å². The van der Waals surface area contributed by atoms with Crippen LogP contribution in [0.3, 0.4) is 0 Å². The number of ether oxygens (including phenoxy) is 4. The third kappa shape index (κ3) is 4.34. The summed E-state index contributed by atoms with van der Waals surface area (Å²) in [7, 11) is 6.53. The Morgan fingerprint density at radius 3 is 2.04 bits per heavy atom. The second-order valence-corrected chi connectivity index (χ2v) is 6.15. The van der Waals surface area contributed by atoms with Crippen molar-refractivity contribution < 1.29 is 29.1 Å². The number of carbonyl (C=O) groups is 1. The molecular weight excluding hydrogens is 346 g/mol. The summed E-state index contributed by atoms with van der Waals surface area (Å²) in [5, 5.41) is 2.09. The molecule has 0 aliphatic carbocycles. The van der Waals surface area contributed by atoms with E-state index in [1.165, 1.54) is 21.3 Å². The fraction of sp³-hybridized carbons (Fsp3) is 0.381. The Kier molecular flexibility index (Phi) is 7.07. The first-order valence-corrected chi connectivity index (χ1v) is 8.88. The highest BCUT2D eigenvalue weighted by Crippen LogP contribution is 2.38. The van der Waals surface area contributed by atoms with Gasteiger partial charge >= 0.3 is 5.97 Å². The van der Waals surface area contributed by atoms with Crippen LogP contribution < -0.4 is 19.5 Å². The lowest BCUT2D eigenvalue weighted by Crippen LogP contribution is -2.92. The Balaban J connectivity index is 2.26. The largest absolute Gasteiger partial charge is 0.493 e. The quantitative estimate of drug-likeness (QED) is 0.683. The van der Waals surface area contributed by atoms with E-state index < -0.39 is 5.97 Å². The normalized spacial score (nSPS) is 12.8. The van der Waals surface area contributed by atoms with E-state index in [0.29, 0.717) is 22.8 Å². The number of likely N-dealkylation sites (N-methyl/N-ethyl adjacent to an activating group) is 1. The number of esters is 1. The summed E-state index contributed by atoms with van der Waals surface area (Å²) in [5.41, 5.74) is 1.13. The van der Waals surface area contributed by atoms with Gasteiger partial charge in [0.05, 0.1) is 33.9 Å². The van der Waals surface area contributed by atoms with Gasteiger partial charge in [-0.15, -0.1) is 0 Å². The molecule has 0 spiro atoms. The van der Waals surface area contributed by atoms with E-state index in [-0.39, 0.29) is 12.1 Å². The summed E-state index contributed by atoms with van der Waals surface area (Å²) in [6, 6.07) is 13.2. The van der Waals surface area contributed by atoms with Crippen LogP contribution in [0.1, 0.15) is 29.3 Å². The first-order valence-electron chi connectivity index (χ1n) is 8.88. The van der Waals surface area contributed by atoms with Gasteiger partial charge in [-0.2, -0.15) is 0 Å². The van der Waals surface area contributed by atoms with Gasteiger partial charge in [-0.05, 0) is 12.1 Å². The lowest BCUT2D eigenvalue weighted by molar-refractivity contribution is -0.715. The first kappa shape index (κ1) is 20.6. The van der Waals surface area contributed by atoms with Crippen molar-refractivity contribution in [2.24, 2.45) is 0 Å². The predicted molar refractivity (Wildman–Crippen MR) is 103 cm³/mol. The van der Waals surface area contributed by atoms with E-state index in [4.69, 9.17) is 18.9 Å². The molecule has 0 aliphatic heterocycles. The lowest BCUT2D eigenvalue weighted by atomic mass is 9.88. The molecule has 0 saturated heterocycles. The van der Waals surface area contributed by atoms with Crippen molar-refractivity contribution in [2.75, 3.05) is 35.0 Å². The number of benzene rings is 2. The van der Waals surface area contributed by atoms with Gasteiger partial charge in [0.2, 0.25) is 5.75 Å². The smallest absolute Gasteiger partial charge is 0.338 e. The average molecular weight is 374 g/mol. The number of rotatable bonds is 9. The summed E-state index contributed by atoms with van der Waals surface area (Å²) in [6.45, 7) is 2.33. The monoisotopic (exact) mass is 374 g/mol. The molecule has 0 fully saturated rings. The van der Waals surface area contributed by atoms with Crippen LogP contribution in [0.4, 0.5) is 0 Å². The van der Waals surface area contributed by atoms with Crippen molar-refractivity contribution in [1.29, 1.82) is 0 Å². The summed E-state index contributed by atoms with van der Waals surface area (Å²) in [4.78, 5) is 12.7. The third-order valence-electron chi connectivity index (χ3n) is 4.89. The molecule has 2 aromatic rings. The van der Waals surface area contributed by atoms with Crippen molar-refractivity contribution >= 4 is 5.97 Å². The van der Waals surface area contributed by atoms with E-state index >= 15 is 0 Å². The minimum atomic E-state index is -0.440. The van der Waals surface area contributed by atoms with Crippen LogP contribution in [-0.4, -0.2) is 41.0 Å². The maximum atomic E-state index is 12.7. The SMILES string of the molecule is CCC(COC(=O)c1cc(OC)c(OC)c(OC)c1)([NH2+]C)c1ccccc1. The van der Waals surface area contributed by atoms with Crippen molar-refractivity contribution in [2.45, 2.75) is 18.9 Å². The number of carbonyl (C=O) groups excluding carboxylic acids is 1. The molecule has 0 aromatic heterocycles. The van der Waals surface area contributed by atoms with Crippen LogP contribution in [0.15, 0.2) is 42.5 Å². The third-order valence-corrected chi connectivity index (χ3v) is 4.89. The minimum absolute atomic E-state index is 0.250. The molecule has 0 radical (unpaired) electrons. The molecule has 0 aliphatic rings. The van der Waals surface area contributed by atoms with Crippen molar-refractivity contribution in [3.8, 4) is 17.2 Å². The number of hydrogen-bond acceptors (Lipinski definition) is 5. The molecule has 1 atom stereocenters. The van der Waals surface area contributed by atoms with E-state index in [0.717, 1.165) is 12.0 Å². The summed E-state index contributed by atoms with van der Waals surface area (Å²) >= 11 is 0. The Morgan fingerprint density at radius 2 is 1.59 bits per heavy atom. The molecule has 0 heterocycles. The molecule has 6 heteroatoms. The zero-order valence-corrected chi connectivity index (χ0v) is 16.6. The fourth-order valence-electron chi connectivity index (χ4n) is 3.09. The maximum Gasteiger partial charge on any atom is 0.338 e. The zero-order valence-electron chi connectivity index (χ0n) is 16.6. The molecule has 0 saturated carbocycles. The van der Waals surface area contributed by atoms with Gasteiger partial charge in [0.1, 0.15) is 0 Å². The Labute approximate surface area is 160 Å². The zero-order chi connectivity index (χ0) is 19.9. The Hall–Kier alpha value is -2.73. The summed E-state index contributed by atoms with van der Waals surface area (Å²) < 4.78 is 21.6. The molecule has 2 rings (SSSR count). The van der Waals surface area contributed by atoms with E-state index in [1.54, 1.807) is 12.1 Å². The molecule has 2 N–H and O–H groups in total. The van der Waals surface area contributed by atoms with Crippen LogP contribution >= 0.6 is 0 Å². The Morgan fingerprint density at radius 1 is 1.00 bits per heavy atom. The molecule has 146 valence electrons. The van der Waals surface area contributed by atoms with Crippen molar-refractivity contribution in [3.05, 3.63) is 53.6 Å². The van der Waals surface area contributed by atoms with Crippen molar-refractivity contribution in [3.63, 3.8) is 0 Å². The highest BCUT2D eigenvalue weighted by molar-refractivity contribution is 5.91. The molecule has 0 amide bonds. The average Bonchev–Trinajstić information content (AvgIpc) is 2.74. The minimum Gasteiger partial charge on any atom is -0.493 e. The predicted octanol–water partition coefficient (Wildman–Crippen LogP) is 2.37. The molecule has 2 aromatic carbocycles. The van der Waals surface area contributed by atoms with Crippen LogP contribution in [-0.2, 0) is 10.3 Å². The van der Waals surface area contributed by atoms with Gasteiger partial charge in [-0.25, -0.2) is 4.79 Å². The van der Waals surface area contributed by atoms with Gasteiger partial charge in [0.25, 0.3) is 0 Å². The van der Waals surface area contributed by atoms with Crippen LogP contribution in [0, 0.1) is 0 Å². The second kappa shape index (κ2) is 9.28. The van der Waals surface area contributed by atoms with Crippen LogP contribution in [0.25, 0.3) is 0 Å². The van der Waals surface area contributed by atoms with E-state index in [1.807, 2.05) is 25.2 Å². The maximum absolute atomic E-state index is 12.7. The number of quaternary nitrogens is 1. The summed E-state index contributed by atoms with van der Waals surface area (Å²) in [6.07, 6.45) is 0.816. The van der Waals surface area contributed by atoms with Gasteiger partial charge in [0.15, 0.2) is 23.6 Å². The molecule has 6 nitrogen and oxygen atoms in total. The topological polar surface area (TPSA) is 70.6 Å². The highest BCUT2D eigenvalue weighted by Gasteiger charge is 2.34. The standard InChI is InChI=1S/C21H27NO5/c1-6-21(22-2,16-10-8-7-9-11-16)14-27-20(23)15-12-17(24-3)19(26-5)18(13-15)25-4/h7-13,22H,6,14H2,1-5H3/p+1. The van der Waals surface area contributed by atoms with E-state index in [9.17, 15) is 4.79 Å². The Bertz CT molecular complexity index is 731. The number of hydrogen-bond donors (Lipinski definition) is 1. The lowest BCUT2D eigenvalue weighted by Gasteiger charge is -2.29. The molecule has 1 unspecified atom stereocenters. The second-order valence-electron chi connectivity index (χ2n) is 6.15. The first-order chi connectivity index (χ1) is 13.0.